The van der Waals surface area contributed by atoms with Crippen LogP contribution in [0.1, 0.15) is 10.6 Å². The summed E-state index contributed by atoms with van der Waals surface area (Å²) < 4.78 is 3.61. The molecule has 1 heterocycles. The second-order valence-electron chi connectivity index (χ2n) is 4.55. The quantitative estimate of drug-likeness (QED) is 0.492. The Kier molecular flexibility index (Phi) is 5.48. The minimum atomic E-state index is 0. The van der Waals surface area contributed by atoms with Gasteiger partial charge >= 0.3 is 0 Å². The van der Waals surface area contributed by atoms with Crippen molar-refractivity contribution in [2.45, 2.75) is 6.54 Å². The van der Waals surface area contributed by atoms with Gasteiger partial charge in [-0.05, 0) is 23.8 Å². The zero-order valence-electron chi connectivity index (χ0n) is 11.6. The molecule has 1 aromatic heterocycles. The van der Waals surface area contributed by atoms with E-state index >= 15 is 0 Å². The van der Waals surface area contributed by atoms with Crippen molar-refractivity contribution in [3.8, 4) is 0 Å². The molecule has 0 spiro atoms. The molecule has 2 aromatic carbocycles. The van der Waals surface area contributed by atoms with Gasteiger partial charge in [-0.25, -0.2) is 0 Å². The highest BCUT2D eigenvalue weighted by atomic mass is 79.9. The summed E-state index contributed by atoms with van der Waals surface area (Å²) in [4.78, 5) is 0. The van der Waals surface area contributed by atoms with Gasteiger partial charge in [0.15, 0.2) is 6.54 Å². The fourth-order valence-corrected chi connectivity index (χ4v) is 3.30. The topological polar surface area (TPSA) is 3.88 Å². The summed E-state index contributed by atoms with van der Waals surface area (Å²) in [5.41, 5.74) is 2.49. The van der Waals surface area contributed by atoms with Crippen LogP contribution < -0.4 is 21.5 Å². The third-order valence-electron chi connectivity index (χ3n) is 3.17. The summed E-state index contributed by atoms with van der Waals surface area (Å²) in [6, 6.07) is 18.9. The lowest BCUT2D eigenvalue weighted by atomic mass is 10.2. The Labute approximate surface area is 139 Å². The van der Waals surface area contributed by atoms with Crippen molar-refractivity contribution >= 4 is 33.7 Å². The van der Waals surface area contributed by atoms with Gasteiger partial charge in [0.05, 0.1) is 0 Å². The smallest absolute Gasteiger partial charge is 0.263 e. The van der Waals surface area contributed by atoms with E-state index in [-0.39, 0.29) is 17.0 Å². The molecule has 0 radical (unpaired) electrons. The van der Waals surface area contributed by atoms with Gasteiger partial charge in [0.2, 0.25) is 5.52 Å². The molecule has 21 heavy (non-hydrogen) atoms. The average molecular weight is 358 g/mol. The van der Waals surface area contributed by atoms with Gasteiger partial charge < -0.3 is 17.0 Å². The second kappa shape index (κ2) is 7.34. The lowest BCUT2D eigenvalue weighted by Crippen LogP contribution is -3.00. The molecular formula is C18H16BrNS. The Morgan fingerprint density at radius 1 is 0.952 bits per heavy atom. The van der Waals surface area contributed by atoms with E-state index in [1.807, 2.05) is 23.5 Å². The van der Waals surface area contributed by atoms with Gasteiger partial charge in [-0.15, -0.1) is 0 Å². The van der Waals surface area contributed by atoms with E-state index in [9.17, 15) is 0 Å². The fraction of sp³-hybridized carbons (Fsp3) is 0.0556. The van der Waals surface area contributed by atoms with Crippen LogP contribution in [0.3, 0.4) is 0 Å². The Balaban J connectivity index is 0.00000161. The van der Waals surface area contributed by atoms with Crippen molar-refractivity contribution in [3.63, 3.8) is 0 Å². The third-order valence-corrected chi connectivity index (χ3v) is 4.30. The molecule has 0 unspecified atom stereocenters. The van der Waals surface area contributed by atoms with Crippen LogP contribution in [-0.4, -0.2) is 0 Å². The van der Waals surface area contributed by atoms with E-state index < -0.39 is 0 Å². The normalized spacial score (nSPS) is 10.7. The van der Waals surface area contributed by atoms with Crippen LogP contribution in [0.15, 0.2) is 67.3 Å². The van der Waals surface area contributed by atoms with E-state index in [0.717, 1.165) is 6.54 Å². The number of hydrogen-bond acceptors (Lipinski definition) is 1. The molecule has 0 saturated heterocycles. The summed E-state index contributed by atoms with van der Waals surface area (Å²) in [6.45, 7) is 4.69. The number of fused-ring (bicyclic) bond motifs is 1. The van der Waals surface area contributed by atoms with Crippen LogP contribution >= 0.6 is 11.3 Å². The molecule has 0 aliphatic carbocycles. The number of aromatic nitrogens is 1. The molecule has 0 bridgehead atoms. The Hall–Kier alpha value is -1.71. The number of nitrogens with zero attached hydrogens (tertiary/aromatic N) is 1. The number of allylic oxidation sites excluding steroid dienone is 1. The lowest BCUT2D eigenvalue weighted by Gasteiger charge is -1.92. The highest BCUT2D eigenvalue weighted by Gasteiger charge is 2.16. The molecule has 0 amide bonds. The Bertz CT molecular complexity index is 759. The number of para-hydroxylation sites is 1. The van der Waals surface area contributed by atoms with E-state index in [1.165, 1.54) is 20.8 Å². The molecule has 0 atom stereocenters. The minimum Gasteiger partial charge on any atom is -1.00 e. The molecule has 1 nitrogen and oxygen atoms in total. The van der Waals surface area contributed by atoms with Gasteiger partial charge in [-0.2, -0.15) is 4.57 Å². The number of rotatable bonds is 4. The number of hydrogen-bond donors (Lipinski definition) is 0. The first-order valence-corrected chi connectivity index (χ1v) is 7.45. The van der Waals surface area contributed by atoms with Crippen LogP contribution in [0, 0.1) is 0 Å². The first-order chi connectivity index (χ1) is 9.88. The SMILES string of the molecule is C=CC[n+]1c(/C=C/c2ccccc2)sc2ccccc21.[Br-]. The maximum Gasteiger partial charge on any atom is 0.263 e. The summed E-state index contributed by atoms with van der Waals surface area (Å²) in [5, 5.41) is 1.25. The first-order valence-electron chi connectivity index (χ1n) is 6.64. The average Bonchev–Trinajstić information content (AvgIpc) is 2.85. The van der Waals surface area contributed by atoms with Gasteiger partial charge in [0, 0.05) is 12.1 Å². The van der Waals surface area contributed by atoms with Crippen LogP contribution in [0.25, 0.3) is 22.4 Å². The standard InChI is InChI=1S/C18H16NS.BrH/c1-2-14-19-16-10-6-7-11-17(16)20-18(19)13-12-15-8-4-3-5-9-15;/h2-13H,1,14H2;1H/q+1;/p-1/b13-12+;. The Morgan fingerprint density at radius 3 is 2.43 bits per heavy atom. The van der Waals surface area contributed by atoms with Gasteiger partial charge in [-0.3, -0.25) is 0 Å². The monoisotopic (exact) mass is 357 g/mol. The molecule has 106 valence electrons. The molecule has 0 saturated carbocycles. The van der Waals surface area contributed by atoms with Gasteiger partial charge in [0.1, 0.15) is 4.70 Å². The largest absolute Gasteiger partial charge is 1.00 e. The van der Waals surface area contributed by atoms with Crippen LogP contribution in [0.4, 0.5) is 0 Å². The predicted octanol–water partition coefficient (Wildman–Crippen LogP) is 1.55. The lowest BCUT2D eigenvalue weighted by molar-refractivity contribution is -0.658. The van der Waals surface area contributed by atoms with E-state index in [0.29, 0.717) is 0 Å². The van der Waals surface area contributed by atoms with Crippen molar-refractivity contribution in [2.75, 3.05) is 0 Å². The van der Waals surface area contributed by atoms with Crippen LogP contribution in [-0.2, 0) is 6.54 Å². The van der Waals surface area contributed by atoms with Crippen molar-refractivity contribution in [2.24, 2.45) is 0 Å². The van der Waals surface area contributed by atoms with E-state index in [1.54, 1.807) is 0 Å². The fourth-order valence-electron chi connectivity index (χ4n) is 2.23. The summed E-state index contributed by atoms with van der Waals surface area (Å²) >= 11 is 1.81. The van der Waals surface area contributed by atoms with E-state index in [2.05, 4.69) is 71.8 Å². The van der Waals surface area contributed by atoms with Crippen LogP contribution in [0.2, 0.25) is 0 Å². The number of thiazole rings is 1. The van der Waals surface area contributed by atoms with Gasteiger partial charge in [0.25, 0.3) is 5.01 Å². The molecule has 3 rings (SSSR count). The minimum absolute atomic E-state index is 0. The molecule has 0 aliphatic rings. The molecule has 0 N–H and O–H groups in total. The maximum atomic E-state index is 3.86. The number of halogens is 1. The van der Waals surface area contributed by atoms with Crippen molar-refractivity contribution in [1.82, 2.24) is 0 Å². The zero-order valence-corrected chi connectivity index (χ0v) is 14.0. The van der Waals surface area contributed by atoms with Gasteiger partial charge in [-0.1, -0.05) is 60.4 Å². The predicted molar refractivity (Wildman–Crippen MR) is 87.6 cm³/mol. The van der Waals surface area contributed by atoms with Crippen molar-refractivity contribution < 1.29 is 21.5 Å². The Morgan fingerprint density at radius 2 is 1.67 bits per heavy atom. The number of benzene rings is 2. The molecule has 3 aromatic rings. The summed E-state index contributed by atoms with van der Waals surface area (Å²) in [5.74, 6) is 0. The molecule has 3 heteroatoms. The molecular weight excluding hydrogens is 342 g/mol. The van der Waals surface area contributed by atoms with Crippen molar-refractivity contribution in [1.29, 1.82) is 0 Å². The summed E-state index contributed by atoms with van der Waals surface area (Å²) in [6.07, 6.45) is 6.28. The van der Waals surface area contributed by atoms with Crippen LogP contribution in [0.5, 0.6) is 0 Å². The zero-order chi connectivity index (χ0) is 13.8. The highest BCUT2D eigenvalue weighted by molar-refractivity contribution is 7.18. The van der Waals surface area contributed by atoms with Crippen molar-refractivity contribution in [3.05, 3.63) is 77.8 Å². The highest BCUT2D eigenvalue weighted by Crippen LogP contribution is 2.21. The van der Waals surface area contributed by atoms with E-state index in [4.69, 9.17) is 0 Å². The second-order valence-corrected chi connectivity index (χ2v) is 5.61. The summed E-state index contributed by atoms with van der Waals surface area (Å²) in [7, 11) is 0. The first kappa shape index (κ1) is 15.7. The molecule has 0 fully saturated rings. The maximum absolute atomic E-state index is 3.86. The molecule has 0 aliphatic heterocycles. The third kappa shape index (κ3) is 3.49.